The second-order valence-electron chi connectivity index (χ2n) is 4.83. The zero-order valence-corrected chi connectivity index (χ0v) is 9.26. The highest BCUT2D eigenvalue weighted by molar-refractivity contribution is 5.39. The van der Waals surface area contributed by atoms with E-state index in [9.17, 15) is 0 Å². The van der Waals surface area contributed by atoms with Crippen molar-refractivity contribution in [2.24, 2.45) is 5.41 Å². The van der Waals surface area contributed by atoms with Gasteiger partial charge in [0.05, 0.1) is 0 Å². The van der Waals surface area contributed by atoms with Crippen LogP contribution in [0.2, 0.25) is 0 Å². The van der Waals surface area contributed by atoms with Crippen LogP contribution in [0.1, 0.15) is 31.8 Å². The molecule has 1 atom stereocenters. The van der Waals surface area contributed by atoms with Crippen LogP contribution in [0.4, 0.5) is 5.82 Å². The van der Waals surface area contributed by atoms with Gasteiger partial charge in [-0.3, -0.25) is 0 Å². The summed E-state index contributed by atoms with van der Waals surface area (Å²) in [6, 6.07) is 2.58. The van der Waals surface area contributed by atoms with Gasteiger partial charge in [0.1, 0.15) is 11.6 Å². The zero-order chi connectivity index (χ0) is 10.3. The predicted molar refractivity (Wildman–Crippen MR) is 57.3 cm³/mol. The summed E-state index contributed by atoms with van der Waals surface area (Å²) in [5.74, 6) is 1.80. The molecular weight excluding hydrogens is 174 g/mol. The molecule has 1 aliphatic rings. The van der Waals surface area contributed by atoms with Gasteiger partial charge in [-0.15, -0.1) is 0 Å². The molecule has 3 nitrogen and oxygen atoms in total. The van der Waals surface area contributed by atoms with E-state index in [-0.39, 0.29) is 0 Å². The first-order valence-corrected chi connectivity index (χ1v) is 5.06. The van der Waals surface area contributed by atoms with Gasteiger partial charge in [-0.05, 0) is 25.7 Å². The van der Waals surface area contributed by atoms with Crippen molar-refractivity contribution in [1.82, 2.24) is 9.97 Å². The van der Waals surface area contributed by atoms with Crippen LogP contribution in [-0.2, 0) is 0 Å². The molecule has 76 valence electrons. The van der Waals surface area contributed by atoms with Crippen LogP contribution in [0.3, 0.4) is 0 Å². The Morgan fingerprint density at radius 2 is 2.00 bits per heavy atom. The molecule has 1 fully saturated rings. The van der Waals surface area contributed by atoms with Crippen LogP contribution >= 0.6 is 0 Å². The molecule has 0 radical (unpaired) electrons. The SMILES string of the molecule is Cc1cc(NC2CC2(C)C)nc(C)n1. The highest BCUT2D eigenvalue weighted by Gasteiger charge is 2.45. The van der Waals surface area contributed by atoms with Crippen molar-refractivity contribution in [2.75, 3.05) is 5.32 Å². The average Bonchev–Trinajstić information content (AvgIpc) is 2.55. The van der Waals surface area contributed by atoms with Crippen molar-refractivity contribution in [2.45, 2.75) is 40.2 Å². The van der Waals surface area contributed by atoms with E-state index >= 15 is 0 Å². The van der Waals surface area contributed by atoms with Crippen LogP contribution in [0.15, 0.2) is 6.07 Å². The van der Waals surface area contributed by atoms with Gasteiger partial charge in [0.2, 0.25) is 0 Å². The molecule has 1 N–H and O–H groups in total. The molecule has 0 spiro atoms. The summed E-state index contributed by atoms with van der Waals surface area (Å²) in [5, 5.41) is 3.44. The Kier molecular flexibility index (Phi) is 1.98. The molecule has 0 bridgehead atoms. The van der Waals surface area contributed by atoms with E-state index in [0.717, 1.165) is 17.3 Å². The summed E-state index contributed by atoms with van der Waals surface area (Å²) in [7, 11) is 0. The van der Waals surface area contributed by atoms with Crippen LogP contribution in [0.5, 0.6) is 0 Å². The van der Waals surface area contributed by atoms with E-state index in [1.54, 1.807) is 0 Å². The molecule has 14 heavy (non-hydrogen) atoms. The van der Waals surface area contributed by atoms with Crippen LogP contribution < -0.4 is 5.32 Å². The molecule has 0 amide bonds. The summed E-state index contributed by atoms with van der Waals surface area (Å²) < 4.78 is 0. The molecule has 1 aromatic rings. The molecule has 0 saturated heterocycles. The third-order valence-electron chi connectivity index (χ3n) is 2.80. The lowest BCUT2D eigenvalue weighted by Gasteiger charge is -2.08. The smallest absolute Gasteiger partial charge is 0.130 e. The van der Waals surface area contributed by atoms with Crippen molar-refractivity contribution in [3.63, 3.8) is 0 Å². The van der Waals surface area contributed by atoms with Crippen molar-refractivity contribution in [3.8, 4) is 0 Å². The molecule has 1 saturated carbocycles. The lowest BCUT2D eigenvalue weighted by molar-refractivity contribution is 0.629. The maximum atomic E-state index is 4.36. The highest BCUT2D eigenvalue weighted by atomic mass is 15.1. The van der Waals surface area contributed by atoms with Gasteiger partial charge in [-0.25, -0.2) is 9.97 Å². The first-order valence-electron chi connectivity index (χ1n) is 5.06. The Balaban J connectivity index is 2.10. The minimum absolute atomic E-state index is 0.437. The van der Waals surface area contributed by atoms with Gasteiger partial charge in [0.15, 0.2) is 0 Å². The van der Waals surface area contributed by atoms with Gasteiger partial charge < -0.3 is 5.32 Å². The number of nitrogens with zero attached hydrogens (tertiary/aromatic N) is 2. The summed E-state index contributed by atoms with van der Waals surface area (Å²) in [6.45, 7) is 8.46. The Labute approximate surface area is 85.0 Å². The van der Waals surface area contributed by atoms with E-state index in [2.05, 4.69) is 29.1 Å². The lowest BCUT2D eigenvalue weighted by Crippen LogP contribution is -2.10. The molecule has 1 aliphatic carbocycles. The Morgan fingerprint density at radius 1 is 1.36 bits per heavy atom. The average molecular weight is 191 g/mol. The molecule has 1 heterocycles. The number of nitrogens with one attached hydrogen (secondary N) is 1. The summed E-state index contributed by atoms with van der Waals surface area (Å²) in [5.41, 5.74) is 1.46. The number of rotatable bonds is 2. The van der Waals surface area contributed by atoms with Crippen molar-refractivity contribution in [1.29, 1.82) is 0 Å². The fraction of sp³-hybridized carbons (Fsp3) is 0.636. The maximum Gasteiger partial charge on any atom is 0.130 e. The van der Waals surface area contributed by atoms with Gasteiger partial charge in [-0.1, -0.05) is 13.8 Å². The van der Waals surface area contributed by atoms with Crippen LogP contribution in [-0.4, -0.2) is 16.0 Å². The van der Waals surface area contributed by atoms with Gasteiger partial charge >= 0.3 is 0 Å². The molecule has 1 aromatic heterocycles. The van der Waals surface area contributed by atoms with E-state index in [4.69, 9.17) is 0 Å². The zero-order valence-electron chi connectivity index (χ0n) is 9.26. The fourth-order valence-electron chi connectivity index (χ4n) is 1.68. The van der Waals surface area contributed by atoms with Crippen molar-refractivity contribution in [3.05, 3.63) is 17.6 Å². The Bertz CT molecular complexity index is 337. The Hall–Kier alpha value is -1.12. The molecular formula is C11H17N3. The van der Waals surface area contributed by atoms with Crippen molar-refractivity contribution >= 4 is 5.82 Å². The summed E-state index contributed by atoms with van der Waals surface area (Å²) >= 11 is 0. The normalized spacial score (nSPS) is 23.3. The first-order chi connectivity index (χ1) is 6.47. The molecule has 0 aliphatic heterocycles. The number of hydrogen-bond donors (Lipinski definition) is 1. The van der Waals surface area contributed by atoms with Gasteiger partial charge in [0, 0.05) is 17.8 Å². The van der Waals surface area contributed by atoms with Gasteiger partial charge in [0.25, 0.3) is 0 Å². The third-order valence-corrected chi connectivity index (χ3v) is 2.80. The minimum atomic E-state index is 0.437. The minimum Gasteiger partial charge on any atom is -0.367 e. The second kappa shape index (κ2) is 2.94. The number of aryl methyl sites for hydroxylation is 2. The second-order valence-corrected chi connectivity index (χ2v) is 4.83. The van der Waals surface area contributed by atoms with Crippen LogP contribution in [0.25, 0.3) is 0 Å². The summed E-state index contributed by atoms with van der Waals surface area (Å²) in [4.78, 5) is 8.60. The maximum absolute atomic E-state index is 4.36. The van der Waals surface area contributed by atoms with E-state index < -0.39 is 0 Å². The van der Waals surface area contributed by atoms with Crippen LogP contribution in [0, 0.1) is 19.3 Å². The molecule has 1 unspecified atom stereocenters. The van der Waals surface area contributed by atoms with E-state index in [1.165, 1.54) is 6.42 Å². The monoisotopic (exact) mass is 191 g/mol. The largest absolute Gasteiger partial charge is 0.367 e. The highest BCUT2D eigenvalue weighted by Crippen LogP contribution is 2.46. The molecule has 3 heteroatoms. The van der Waals surface area contributed by atoms with Gasteiger partial charge in [-0.2, -0.15) is 0 Å². The standard InChI is InChI=1S/C11H17N3/c1-7-5-10(13-8(2)12-7)14-9-6-11(9,3)4/h5,9H,6H2,1-4H3,(H,12,13,14). The number of aromatic nitrogens is 2. The lowest BCUT2D eigenvalue weighted by atomic mass is 10.2. The predicted octanol–water partition coefficient (Wildman–Crippen LogP) is 2.30. The summed E-state index contributed by atoms with van der Waals surface area (Å²) in [6.07, 6.45) is 1.23. The van der Waals surface area contributed by atoms with Crippen molar-refractivity contribution < 1.29 is 0 Å². The number of hydrogen-bond acceptors (Lipinski definition) is 3. The topological polar surface area (TPSA) is 37.8 Å². The van der Waals surface area contributed by atoms with E-state index in [1.807, 2.05) is 19.9 Å². The number of anilines is 1. The first kappa shape index (κ1) is 9.44. The molecule has 2 rings (SSSR count). The Morgan fingerprint density at radius 3 is 2.50 bits per heavy atom. The molecule has 0 aromatic carbocycles. The fourth-order valence-corrected chi connectivity index (χ4v) is 1.68. The van der Waals surface area contributed by atoms with E-state index in [0.29, 0.717) is 11.5 Å². The quantitative estimate of drug-likeness (QED) is 0.779. The third kappa shape index (κ3) is 1.86.